The topological polar surface area (TPSA) is 75.3 Å². The third-order valence-corrected chi connectivity index (χ3v) is 5.22. The average Bonchev–Trinajstić information content (AvgIpc) is 3.06. The van der Waals surface area contributed by atoms with Crippen LogP contribution in [-0.4, -0.2) is 40.4 Å². The molecule has 1 aromatic carbocycles. The fraction of sp³-hybridized carbons (Fsp3) is 0.421. The number of aromatic amines is 1. The third-order valence-electron chi connectivity index (χ3n) is 5.22. The second-order valence-corrected chi connectivity index (χ2v) is 6.82. The molecular formula is C19H20FN3O3. The summed E-state index contributed by atoms with van der Waals surface area (Å²) in [7, 11) is 1.34. The molecule has 1 saturated heterocycles. The van der Waals surface area contributed by atoms with Gasteiger partial charge in [-0.3, -0.25) is 9.59 Å². The van der Waals surface area contributed by atoms with Crippen molar-refractivity contribution in [1.29, 1.82) is 0 Å². The fourth-order valence-electron chi connectivity index (χ4n) is 3.73. The fourth-order valence-corrected chi connectivity index (χ4v) is 3.73. The molecule has 2 heterocycles. The molecular weight excluding hydrogens is 337 g/mol. The molecule has 6 nitrogen and oxygen atoms in total. The van der Waals surface area contributed by atoms with Crippen molar-refractivity contribution in [2.24, 2.45) is 11.8 Å². The van der Waals surface area contributed by atoms with Crippen LogP contribution in [-0.2, 0) is 14.3 Å². The number of esters is 1. The second kappa shape index (κ2) is 6.55. The number of methoxy groups -OCH3 is 1. The number of rotatable bonds is 4. The number of nitrogens with zero attached hydrogens (tertiary/aromatic N) is 2. The Balaban J connectivity index is 1.52. The number of hydrogen-bond donors (Lipinski definition) is 1. The maximum atomic E-state index is 14.0. The van der Waals surface area contributed by atoms with Crippen LogP contribution in [0.4, 0.5) is 4.39 Å². The minimum absolute atomic E-state index is 0.0215. The first-order chi connectivity index (χ1) is 12.6. The van der Waals surface area contributed by atoms with E-state index >= 15 is 0 Å². The number of carbonyl (C=O) groups is 2. The molecule has 0 unspecified atom stereocenters. The number of nitrogens with one attached hydrogen (secondary N) is 1. The van der Waals surface area contributed by atoms with Gasteiger partial charge in [0.1, 0.15) is 11.6 Å². The molecule has 2 aromatic rings. The number of likely N-dealkylation sites (tertiary alicyclic amines) is 1. The first kappa shape index (κ1) is 16.8. The van der Waals surface area contributed by atoms with Gasteiger partial charge in [0.15, 0.2) is 0 Å². The lowest BCUT2D eigenvalue weighted by Crippen LogP contribution is -2.33. The summed E-state index contributed by atoms with van der Waals surface area (Å²) in [5.41, 5.74) is 1.05. The van der Waals surface area contributed by atoms with Crippen LogP contribution in [0.15, 0.2) is 30.5 Å². The molecule has 1 aromatic heterocycles. The van der Waals surface area contributed by atoms with Gasteiger partial charge in [-0.1, -0.05) is 12.1 Å². The molecule has 0 bridgehead atoms. The maximum Gasteiger partial charge on any atom is 0.309 e. The van der Waals surface area contributed by atoms with Crippen LogP contribution in [0.2, 0.25) is 0 Å². The zero-order valence-corrected chi connectivity index (χ0v) is 14.4. The molecule has 1 saturated carbocycles. The molecule has 26 heavy (non-hydrogen) atoms. The predicted octanol–water partition coefficient (Wildman–Crippen LogP) is 2.69. The number of benzene rings is 1. The Morgan fingerprint density at radius 1 is 1.31 bits per heavy atom. The van der Waals surface area contributed by atoms with Crippen molar-refractivity contribution in [3.8, 4) is 11.3 Å². The second-order valence-electron chi connectivity index (χ2n) is 6.82. The number of halogens is 1. The summed E-state index contributed by atoms with van der Waals surface area (Å²) >= 11 is 0. The summed E-state index contributed by atoms with van der Waals surface area (Å²) in [6.45, 7) is 0.642. The summed E-state index contributed by atoms with van der Waals surface area (Å²) in [4.78, 5) is 33.7. The highest BCUT2D eigenvalue weighted by Crippen LogP contribution is 2.44. The Bertz CT molecular complexity index is 850. The number of hydrogen-bond acceptors (Lipinski definition) is 4. The van der Waals surface area contributed by atoms with Crippen molar-refractivity contribution in [3.05, 3.63) is 42.1 Å². The molecule has 2 aliphatic rings. The maximum absolute atomic E-state index is 14.0. The van der Waals surface area contributed by atoms with Crippen LogP contribution < -0.4 is 0 Å². The molecule has 1 aliphatic carbocycles. The van der Waals surface area contributed by atoms with Gasteiger partial charge in [-0.25, -0.2) is 9.37 Å². The van der Waals surface area contributed by atoms with Gasteiger partial charge in [-0.2, -0.15) is 0 Å². The van der Waals surface area contributed by atoms with E-state index in [9.17, 15) is 14.0 Å². The highest BCUT2D eigenvalue weighted by molar-refractivity contribution is 5.90. The van der Waals surface area contributed by atoms with Crippen molar-refractivity contribution in [1.82, 2.24) is 14.9 Å². The van der Waals surface area contributed by atoms with Crippen molar-refractivity contribution >= 4 is 11.9 Å². The number of imidazole rings is 1. The zero-order valence-electron chi connectivity index (χ0n) is 14.4. The number of aromatic nitrogens is 2. The highest BCUT2D eigenvalue weighted by atomic mass is 19.1. The SMILES string of the molecule is COC(=O)[C@@H]1C[C@H]1C(=O)N1CCC[C@H]1c1ncc(-c2ccccc2F)[nH]1. The van der Waals surface area contributed by atoms with Crippen LogP contribution >= 0.6 is 0 Å². The van der Waals surface area contributed by atoms with Gasteiger partial charge in [0.25, 0.3) is 0 Å². The van der Waals surface area contributed by atoms with Crippen LogP contribution in [0.25, 0.3) is 11.3 Å². The Hall–Kier alpha value is -2.70. The standard InChI is InChI=1S/C19H20FN3O3/c1-26-19(25)13-9-12(13)18(24)23-8-4-7-16(23)17-21-10-15(22-17)11-5-2-3-6-14(11)20/h2-3,5-6,10,12-13,16H,4,7-9H2,1H3,(H,21,22)/t12-,13-,16+/m1/s1. The smallest absolute Gasteiger partial charge is 0.309 e. The molecule has 7 heteroatoms. The van der Waals surface area contributed by atoms with Crippen LogP contribution in [0.5, 0.6) is 0 Å². The van der Waals surface area contributed by atoms with E-state index in [0.717, 1.165) is 12.8 Å². The van der Waals surface area contributed by atoms with Crippen molar-refractivity contribution < 1.29 is 18.7 Å². The first-order valence-electron chi connectivity index (χ1n) is 8.78. The van der Waals surface area contributed by atoms with E-state index in [1.165, 1.54) is 13.2 Å². The van der Waals surface area contributed by atoms with E-state index in [1.54, 1.807) is 29.3 Å². The monoisotopic (exact) mass is 357 g/mol. The van der Waals surface area contributed by atoms with E-state index in [2.05, 4.69) is 9.97 Å². The first-order valence-corrected chi connectivity index (χ1v) is 8.78. The molecule has 1 aliphatic heterocycles. The van der Waals surface area contributed by atoms with Crippen molar-refractivity contribution in [2.75, 3.05) is 13.7 Å². The third kappa shape index (κ3) is 2.87. The minimum Gasteiger partial charge on any atom is -0.469 e. The lowest BCUT2D eigenvalue weighted by atomic mass is 10.1. The van der Waals surface area contributed by atoms with Gasteiger partial charge < -0.3 is 14.6 Å². The molecule has 3 atom stereocenters. The highest BCUT2D eigenvalue weighted by Gasteiger charge is 2.52. The van der Waals surface area contributed by atoms with Gasteiger partial charge >= 0.3 is 5.97 Å². The zero-order chi connectivity index (χ0) is 18.3. The van der Waals surface area contributed by atoms with E-state index in [1.807, 2.05) is 0 Å². The lowest BCUT2D eigenvalue weighted by Gasteiger charge is -2.23. The molecule has 4 rings (SSSR count). The van der Waals surface area contributed by atoms with E-state index < -0.39 is 0 Å². The molecule has 0 radical (unpaired) electrons. The van der Waals surface area contributed by atoms with Crippen LogP contribution in [0.1, 0.15) is 31.1 Å². The van der Waals surface area contributed by atoms with E-state index in [4.69, 9.17) is 4.74 Å². The predicted molar refractivity (Wildman–Crippen MR) is 91.3 cm³/mol. The quantitative estimate of drug-likeness (QED) is 0.854. The van der Waals surface area contributed by atoms with Crippen molar-refractivity contribution in [2.45, 2.75) is 25.3 Å². The summed E-state index contributed by atoms with van der Waals surface area (Å²) in [6.07, 6.45) is 3.82. The van der Waals surface area contributed by atoms with Gasteiger partial charge in [-0.05, 0) is 31.4 Å². The van der Waals surface area contributed by atoms with Gasteiger partial charge in [0.05, 0.1) is 36.9 Å². The Kier molecular flexibility index (Phi) is 4.22. The van der Waals surface area contributed by atoms with Gasteiger partial charge in [0, 0.05) is 12.1 Å². The average molecular weight is 357 g/mol. The lowest BCUT2D eigenvalue weighted by molar-refractivity contribution is -0.145. The number of carbonyl (C=O) groups excluding carboxylic acids is 2. The van der Waals surface area contributed by atoms with E-state index in [-0.39, 0.29) is 35.6 Å². The van der Waals surface area contributed by atoms with E-state index in [0.29, 0.717) is 30.0 Å². The van der Waals surface area contributed by atoms with Gasteiger partial charge in [-0.15, -0.1) is 0 Å². The Morgan fingerprint density at radius 3 is 2.88 bits per heavy atom. The van der Waals surface area contributed by atoms with Gasteiger partial charge in [0.2, 0.25) is 5.91 Å². The summed E-state index contributed by atoms with van der Waals surface area (Å²) in [5.74, 6) is -0.612. The largest absolute Gasteiger partial charge is 0.469 e. The van der Waals surface area contributed by atoms with Crippen LogP contribution in [0, 0.1) is 17.7 Å². The Morgan fingerprint density at radius 2 is 2.12 bits per heavy atom. The van der Waals surface area contributed by atoms with Crippen LogP contribution in [0.3, 0.4) is 0 Å². The normalized spacial score (nSPS) is 24.5. The number of ether oxygens (including phenoxy) is 1. The minimum atomic E-state index is -0.320. The number of H-pyrrole nitrogens is 1. The Labute approximate surface area is 150 Å². The molecule has 1 N–H and O–H groups in total. The molecule has 2 fully saturated rings. The van der Waals surface area contributed by atoms with Crippen molar-refractivity contribution in [3.63, 3.8) is 0 Å². The molecule has 136 valence electrons. The summed E-state index contributed by atoms with van der Waals surface area (Å²) in [6, 6.07) is 6.34. The number of amides is 1. The summed E-state index contributed by atoms with van der Waals surface area (Å²) < 4.78 is 18.7. The molecule has 1 amide bonds. The summed E-state index contributed by atoms with van der Waals surface area (Å²) in [5, 5.41) is 0. The molecule has 0 spiro atoms.